The minimum absolute atomic E-state index is 0. The Morgan fingerprint density at radius 1 is 0.900 bits per heavy atom. The van der Waals surface area contributed by atoms with Crippen molar-refractivity contribution in [2.45, 2.75) is 13.3 Å². The number of benzene rings is 1. The molecule has 0 atom stereocenters. The van der Waals surface area contributed by atoms with Crippen LogP contribution in [0.15, 0.2) is 36.4 Å². The van der Waals surface area contributed by atoms with Crippen LogP contribution in [0.25, 0.3) is 0 Å². The monoisotopic (exact) mass is 210 g/mol. The zero-order chi connectivity index (χ0) is 6.95. The summed E-state index contributed by atoms with van der Waals surface area (Å²) in [6.45, 7) is 5.50. The smallest absolute Gasteiger partial charge is 0 e. The van der Waals surface area contributed by atoms with Gasteiger partial charge in [0.25, 0.3) is 0 Å². The van der Waals surface area contributed by atoms with E-state index in [-0.39, 0.29) is 32.7 Å². The molecule has 0 aliphatic heterocycles. The molecule has 10 heavy (non-hydrogen) atoms. The Hall–Kier alpha value is 0.324. The van der Waals surface area contributed by atoms with Crippen LogP contribution in [0.1, 0.15) is 13.3 Å². The third-order valence-electron chi connectivity index (χ3n) is 0.667. The van der Waals surface area contributed by atoms with Crippen LogP contribution in [0.3, 0.4) is 0 Å². The Bertz CT molecular complexity index is 87.6. The first-order chi connectivity index (χ1) is 4.41. The van der Waals surface area contributed by atoms with E-state index in [4.69, 9.17) is 0 Å². The van der Waals surface area contributed by atoms with Crippen LogP contribution >= 0.6 is 0 Å². The molecule has 0 fully saturated rings. The van der Waals surface area contributed by atoms with Crippen molar-refractivity contribution in [1.29, 1.82) is 0 Å². The maximum atomic E-state index is 3.49. The van der Waals surface area contributed by atoms with Crippen molar-refractivity contribution in [2.75, 3.05) is 0 Å². The summed E-state index contributed by atoms with van der Waals surface area (Å²) in [5, 5.41) is 0. The summed E-state index contributed by atoms with van der Waals surface area (Å²) in [6.07, 6.45) is 1.00. The fourth-order valence-electron chi connectivity index (χ4n) is 0.385. The number of hydrogen-bond donors (Lipinski definition) is 0. The van der Waals surface area contributed by atoms with Gasteiger partial charge in [-0.1, -0.05) is 43.3 Å². The Labute approximate surface area is 88.9 Å². The molecule has 0 unspecified atom stereocenters. The van der Waals surface area contributed by atoms with Gasteiger partial charge in [0.05, 0.1) is 0 Å². The topological polar surface area (TPSA) is 0 Å². The largest absolute Gasteiger partial charge is 0.344 e. The van der Waals surface area contributed by atoms with Gasteiger partial charge in [0.15, 0.2) is 0 Å². The van der Waals surface area contributed by atoms with Crippen molar-refractivity contribution in [3.63, 3.8) is 0 Å². The Morgan fingerprint density at radius 2 is 1.00 bits per heavy atom. The average molecular weight is 210 g/mol. The Kier molecular flexibility index (Phi) is 15.6. The summed E-state index contributed by atoms with van der Waals surface area (Å²) in [7, 11) is 0. The Balaban J connectivity index is 0. The molecule has 0 bridgehead atoms. The molecule has 1 heteroatoms. The molecule has 1 radical (unpaired) electrons. The van der Waals surface area contributed by atoms with Gasteiger partial charge in [0, 0.05) is 32.7 Å². The van der Waals surface area contributed by atoms with Crippen LogP contribution < -0.4 is 0 Å². The second kappa shape index (κ2) is 12.0. The van der Waals surface area contributed by atoms with Crippen molar-refractivity contribution < 1.29 is 32.7 Å². The zero-order valence-electron chi connectivity index (χ0n) is 6.46. The molecule has 0 heterocycles. The summed E-state index contributed by atoms with van der Waals surface area (Å²) in [4.78, 5) is 0. The molecule has 1 aromatic rings. The van der Waals surface area contributed by atoms with Gasteiger partial charge in [-0.15, -0.1) is 0 Å². The van der Waals surface area contributed by atoms with E-state index in [0.29, 0.717) is 0 Å². The summed E-state index contributed by atoms with van der Waals surface area (Å²) in [6, 6.07) is 12.0. The summed E-state index contributed by atoms with van der Waals surface area (Å²) in [5.41, 5.74) is 0. The molecule has 1 rings (SSSR count). The van der Waals surface area contributed by atoms with Gasteiger partial charge in [-0.3, -0.25) is 0 Å². The van der Waals surface area contributed by atoms with E-state index < -0.39 is 0 Å². The van der Waals surface area contributed by atoms with Crippen LogP contribution in [0.4, 0.5) is 0 Å². The van der Waals surface area contributed by atoms with Crippen molar-refractivity contribution >= 4 is 0 Å². The number of hydrogen-bond acceptors (Lipinski definition) is 0. The fraction of sp³-hybridized carbons (Fsp3) is 0.222. The summed E-state index contributed by atoms with van der Waals surface area (Å²) >= 11 is 0. The van der Waals surface area contributed by atoms with E-state index in [0.717, 1.165) is 6.42 Å². The van der Waals surface area contributed by atoms with Gasteiger partial charge in [0.1, 0.15) is 0 Å². The van der Waals surface area contributed by atoms with Crippen molar-refractivity contribution in [3.05, 3.63) is 43.3 Å². The molecule has 0 N–H and O–H groups in total. The van der Waals surface area contributed by atoms with Gasteiger partial charge in [-0.25, -0.2) is 0 Å². The molecular weight excluding hydrogens is 197 g/mol. The predicted molar refractivity (Wildman–Crippen MR) is 42.1 cm³/mol. The van der Waals surface area contributed by atoms with Crippen LogP contribution in [-0.2, 0) is 32.7 Å². The fourth-order valence-corrected chi connectivity index (χ4v) is 0.385. The quantitative estimate of drug-likeness (QED) is 0.577. The normalized spacial score (nSPS) is 6.60. The van der Waals surface area contributed by atoms with Gasteiger partial charge in [-0.2, -0.15) is 6.42 Å². The average Bonchev–Trinajstić information content (AvgIpc) is 1.93. The third-order valence-corrected chi connectivity index (χ3v) is 0.667. The standard InChI is InChI=1S/C6H6.C3H7.Y/c1-2-4-6-5-3-1;1-3-2;/h1-6H;1,3H2,2H3;/q;-1;. The maximum Gasteiger partial charge on any atom is 0 e. The summed E-state index contributed by atoms with van der Waals surface area (Å²) in [5.74, 6) is 0. The first-order valence-electron chi connectivity index (χ1n) is 3.21. The van der Waals surface area contributed by atoms with Crippen LogP contribution in [-0.4, -0.2) is 0 Å². The maximum absolute atomic E-state index is 3.49. The van der Waals surface area contributed by atoms with E-state index in [1.165, 1.54) is 0 Å². The van der Waals surface area contributed by atoms with Crippen LogP contribution in [0.2, 0.25) is 0 Å². The molecule has 53 valence electrons. The predicted octanol–water partition coefficient (Wildman–Crippen LogP) is 2.91. The molecule has 0 aromatic heterocycles. The van der Waals surface area contributed by atoms with Crippen molar-refractivity contribution in [2.24, 2.45) is 0 Å². The third kappa shape index (κ3) is 11.2. The first kappa shape index (κ1) is 13.0. The molecule has 0 spiro atoms. The molecule has 0 saturated heterocycles. The van der Waals surface area contributed by atoms with E-state index >= 15 is 0 Å². The molecule has 0 aliphatic rings. The molecule has 0 saturated carbocycles. The minimum Gasteiger partial charge on any atom is -0.344 e. The van der Waals surface area contributed by atoms with Crippen molar-refractivity contribution in [1.82, 2.24) is 0 Å². The second-order valence-corrected chi connectivity index (χ2v) is 1.65. The van der Waals surface area contributed by atoms with Crippen molar-refractivity contribution in [3.8, 4) is 0 Å². The van der Waals surface area contributed by atoms with E-state index in [1.807, 2.05) is 43.3 Å². The number of rotatable bonds is 0. The SMILES string of the molecule is [CH2-]CC.[Y].c1ccccc1. The first-order valence-corrected chi connectivity index (χ1v) is 3.21. The van der Waals surface area contributed by atoms with Gasteiger partial charge >= 0.3 is 0 Å². The minimum atomic E-state index is 0. The van der Waals surface area contributed by atoms with Gasteiger partial charge < -0.3 is 6.92 Å². The molecular formula is C9H13Y-. The van der Waals surface area contributed by atoms with Crippen LogP contribution in [0.5, 0.6) is 0 Å². The molecule has 0 amide bonds. The molecule has 0 aliphatic carbocycles. The van der Waals surface area contributed by atoms with Gasteiger partial charge in [-0.05, 0) is 0 Å². The molecule has 1 aromatic carbocycles. The zero-order valence-corrected chi connectivity index (χ0v) is 9.29. The van der Waals surface area contributed by atoms with E-state index in [2.05, 4.69) is 6.92 Å². The van der Waals surface area contributed by atoms with Crippen LogP contribution in [0, 0.1) is 6.92 Å². The summed E-state index contributed by atoms with van der Waals surface area (Å²) < 4.78 is 0. The Morgan fingerprint density at radius 3 is 1.10 bits per heavy atom. The van der Waals surface area contributed by atoms with Gasteiger partial charge in [0.2, 0.25) is 0 Å². The second-order valence-electron chi connectivity index (χ2n) is 1.65. The van der Waals surface area contributed by atoms with E-state index in [9.17, 15) is 0 Å². The van der Waals surface area contributed by atoms with E-state index in [1.54, 1.807) is 0 Å². The molecule has 0 nitrogen and oxygen atoms in total.